The van der Waals surface area contributed by atoms with Crippen molar-refractivity contribution in [3.63, 3.8) is 0 Å². The van der Waals surface area contributed by atoms with Crippen LogP contribution in [0.1, 0.15) is 168 Å². The first-order valence-corrected chi connectivity index (χ1v) is 25.5. The molecule has 0 aliphatic heterocycles. The van der Waals surface area contributed by atoms with Gasteiger partial charge in [0.05, 0.1) is 33.9 Å². The van der Waals surface area contributed by atoms with E-state index in [1.165, 1.54) is 57.8 Å². The molecule has 0 aromatic heterocycles. The van der Waals surface area contributed by atoms with Crippen LogP contribution in [0.25, 0.3) is 0 Å². The zero-order valence-corrected chi connectivity index (χ0v) is 40.3. The Morgan fingerprint density at radius 3 is 2.00 bits per heavy atom. The lowest BCUT2D eigenvalue weighted by atomic mass is 9.90. The molecule has 0 radical (unpaired) electrons. The molecule has 0 spiro atoms. The van der Waals surface area contributed by atoms with Gasteiger partial charge in [0.25, 0.3) is 7.82 Å². The van der Waals surface area contributed by atoms with Crippen LogP contribution in [0, 0.1) is 11.8 Å². The van der Waals surface area contributed by atoms with Crippen molar-refractivity contribution in [1.29, 1.82) is 0 Å². The van der Waals surface area contributed by atoms with Crippen LogP contribution in [0.3, 0.4) is 0 Å². The standard InChI is InChI=1S/C50H86NO10P/c1-6-8-10-11-12-13-14-15-16-17-18-19-20-21-22-23-24-25-31-35-50(55)61-46(43-60-62(56,57)59-41-40-51(3,4)5)42-58-49(54)34-30-27-26-29-32-44-36-39-48(53)47(44)38-37-45(52)33-28-9-7-2/h12-13,15-16,26,29,36-39,44-47,52H,6-11,14,17-25,27-28,30-35,40-43H2,1-5H3/b13-12-,16-15-,29-26-,38-37+/t44-,45-,46+,47+/m0/s1. The second-order valence-corrected chi connectivity index (χ2v) is 19.2. The van der Waals surface area contributed by atoms with Crippen molar-refractivity contribution in [3.8, 4) is 0 Å². The lowest BCUT2D eigenvalue weighted by Gasteiger charge is -2.28. The van der Waals surface area contributed by atoms with Gasteiger partial charge >= 0.3 is 11.9 Å². The van der Waals surface area contributed by atoms with Crippen molar-refractivity contribution in [2.24, 2.45) is 11.8 Å². The van der Waals surface area contributed by atoms with E-state index in [1.807, 2.05) is 45.4 Å². The Bertz CT molecular complexity index is 1380. The summed E-state index contributed by atoms with van der Waals surface area (Å²) in [5, 5.41) is 10.2. The number of phosphoric acid groups is 1. The summed E-state index contributed by atoms with van der Waals surface area (Å²) in [6.45, 7) is 3.87. The highest BCUT2D eigenvalue weighted by Gasteiger charge is 2.27. The molecule has 1 N–H and O–H groups in total. The number of carbonyl (C=O) groups excluding carboxylic acids is 3. The number of likely N-dealkylation sites (N-methyl/N-ethyl adjacent to an activating group) is 1. The van der Waals surface area contributed by atoms with Gasteiger partial charge in [-0.05, 0) is 76.2 Å². The number of carbonyl (C=O) groups is 3. The number of aliphatic hydroxyl groups is 1. The van der Waals surface area contributed by atoms with Gasteiger partial charge in [0.2, 0.25) is 0 Å². The molecule has 0 aromatic rings. The largest absolute Gasteiger partial charge is 0.756 e. The van der Waals surface area contributed by atoms with Crippen molar-refractivity contribution < 1.29 is 52.0 Å². The molecule has 1 rings (SSSR count). The van der Waals surface area contributed by atoms with Crippen LogP contribution in [0.4, 0.5) is 0 Å². The van der Waals surface area contributed by atoms with Gasteiger partial charge < -0.3 is 33.0 Å². The molecule has 356 valence electrons. The number of ketones is 1. The van der Waals surface area contributed by atoms with E-state index in [9.17, 15) is 28.9 Å². The fourth-order valence-corrected chi connectivity index (χ4v) is 7.58. The van der Waals surface area contributed by atoms with Gasteiger partial charge in [-0.15, -0.1) is 0 Å². The lowest BCUT2D eigenvalue weighted by molar-refractivity contribution is -0.870. The number of aliphatic hydroxyl groups excluding tert-OH is 1. The van der Waals surface area contributed by atoms with Crippen LogP contribution in [0.5, 0.6) is 0 Å². The fourth-order valence-electron chi connectivity index (χ4n) is 6.85. The maximum atomic E-state index is 12.8. The summed E-state index contributed by atoms with van der Waals surface area (Å²) < 4.78 is 33.9. The summed E-state index contributed by atoms with van der Waals surface area (Å²) in [6, 6.07) is 0. The SMILES string of the molecule is CCCCC/C=C\C/C=C\CCCCCCCCCCCC(=O)O[C@H](COC(=O)CCC/C=C\C[C@H]1C=CC(=O)[C@@H]1/C=C/[C@@H](O)CCCCC)COP(=O)([O-])OCC[N+](C)(C)C. The van der Waals surface area contributed by atoms with E-state index in [2.05, 4.69) is 38.2 Å². The maximum Gasteiger partial charge on any atom is 0.306 e. The molecular formula is C50H86NO10P. The van der Waals surface area contributed by atoms with Crippen LogP contribution in [-0.2, 0) is 37.5 Å². The molecule has 1 aliphatic carbocycles. The molecule has 0 amide bonds. The fraction of sp³-hybridized carbons (Fsp3) is 0.740. The molecule has 0 fully saturated rings. The minimum atomic E-state index is -4.68. The van der Waals surface area contributed by atoms with Crippen LogP contribution in [0.15, 0.2) is 60.8 Å². The van der Waals surface area contributed by atoms with E-state index in [1.54, 1.807) is 12.2 Å². The second kappa shape index (κ2) is 36.7. The summed E-state index contributed by atoms with van der Waals surface area (Å²) in [5.74, 6) is -1.21. The molecule has 0 saturated heterocycles. The Morgan fingerprint density at radius 2 is 1.34 bits per heavy atom. The minimum Gasteiger partial charge on any atom is -0.756 e. The summed E-state index contributed by atoms with van der Waals surface area (Å²) in [7, 11) is 1.05. The molecule has 0 heterocycles. The molecular weight excluding hydrogens is 806 g/mol. The van der Waals surface area contributed by atoms with E-state index in [-0.39, 0.29) is 43.7 Å². The highest BCUT2D eigenvalue weighted by atomic mass is 31.2. The Labute approximate surface area is 376 Å². The quantitative estimate of drug-likeness (QED) is 0.0207. The predicted molar refractivity (Wildman–Crippen MR) is 249 cm³/mol. The van der Waals surface area contributed by atoms with Crippen molar-refractivity contribution >= 4 is 25.5 Å². The van der Waals surface area contributed by atoms with Gasteiger partial charge in [-0.1, -0.05) is 146 Å². The normalized spacial score (nSPS) is 17.8. The maximum absolute atomic E-state index is 12.8. The number of phosphoric ester groups is 1. The summed E-state index contributed by atoms with van der Waals surface area (Å²) in [5.41, 5.74) is 0. The third-order valence-corrected chi connectivity index (χ3v) is 11.7. The lowest BCUT2D eigenvalue weighted by Crippen LogP contribution is -2.37. The number of rotatable bonds is 40. The molecule has 0 aromatic carbocycles. The number of esters is 2. The van der Waals surface area contributed by atoms with E-state index in [0.717, 1.165) is 51.4 Å². The number of hydrogen-bond acceptors (Lipinski definition) is 10. The average Bonchev–Trinajstić information content (AvgIpc) is 3.57. The number of ether oxygens (including phenoxy) is 2. The van der Waals surface area contributed by atoms with Gasteiger partial charge in [0.15, 0.2) is 11.9 Å². The van der Waals surface area contributed by atoms with E-state index < -0.39 is 38.6 Å². The first-order valence-electron chi connectivity index (χ1n) is 24.0. The Hall–Kier alpha value is -2.66. The molecule has 1 unspecified atom stereocenters. The van der Waals surface area contributed by atoms with Gasteiger partial charge in [0.1, 0.15) is 19.8 Å². The second-order valence-electron chi connectivity index (χ2n) is 17.8. The summed E-state index contributed by atoms with van der Waals surface area (Å²) in [4.78, 5) is 50.2. The van der Waals surface area contributed by atoms with Crippen molar-refractivity contribution in [2.75, 3.05) is 47.5 Å². The first kappa shape index (κ1) is 57.4. The molecule has 0 bridgehead atoms. The highest BCUT2D eigenvalue weighted by molar-refractivity contribution is 7.45. The van der Waals surface area contributed by atoms with Crippen LogP contribution in [-0.4, -0.2) is 87.0 Å². The monoisotopic (exact) mass is 892 g/mol. The Kier molecular flexibility index (Phi) is 33.9. The van der Waals surface area contributed by atoms with Gasteiger partial charge in [-0.2, -0.15) is 0 Å². The van der Waals surface area contributed by atoms with Crippen molar-refractivity contribution in [1.82, 2.24) is 0 Å². The highest BCUT2D eigenvalue weighted by Crippen LogP contribution is 2.38. The van der Waals surface area contributed by atoms with Crippen LogP contribution >= 0.6 is 7.82 Å². The van der Waals surface area contributed by atoms with E-state index >= 15 is 0 Å². The first-order chi connectivity index (χ1) is 29.8. The van der Waals surface area contributed by atoms with Crippen LogP contribution in [0.2, 0.25) is 0 Å². The number of unbranched alkanes of at least 4 members (excludes halogenated alkanes) is 15. The number of allylic oxidation sites excluding steroid dienone is 9. The zero-order valence-electron chi connectivity index (χ0n) is 39.4. The molecule has 12 heteroatoms. The van der Waals surface area contributed by atoms with Gasteiger partial charge in [-0.3, -0.25) is 18.9 Å². The Balaban J connectivity index is 2.41. The van der Waals surface area contributed by atoms with Crippen molar-refractivity contribution in [3.05, 3.63) is 60.8 Å². The summed E-state index contributed by atoms with van der Waals surface area (Å²) >= 11 is 0. The van der Waals surface area contributed by atoms with Crippen LogP contribution < -0.4 is 4.89 Å². The molecule has 0 saturated carbocycles. The molecule has 62 heavy (non-hydrogen) atoms. The molecule has 1 aliphatic rings. The Morgan fingerprint density at radius 1 is 0.758 bits per heavy atom. The van der Waals surface area contributed by atoms with Crippen molar-refractivity contribution in [2.45, 2.75) is 180 Å². The van der Waals surface area contributed by atoms with Gasteiger partial charge in [-0.25, -0.2) is 0 Å². The number of hydrogen-bond donors (Lipinski definition) is 1. The smallest absolute Gasteiger partial charge is 0.306 e. The third-order valence-electron chi connectivity index (χ3n) is 10.8. The predicted octanol–water partition coefficient (Wildman–Crippen LogP) is 11.0. The van der Waals surface area contributed by atoms with E-state index in [0.29, 0.717) is 43.1 Å². The minimum absolute atomic E-state index is 0.0258. The molecule has 11 nitrogen and oxygen atoms in total. The average molecular weight is 892 g/mol. The number of nitrogens with zero attached hydrogens (tertiary/aromatic N) is 1. The van der Waals surface area contributed by atoms with E-state index in [4.69, 9.17) is 18.5 Å². The third kappa shape index (κ3) is 33.8. The molecule has 5 atom stereocenters. The zero-order chi connectivity index (χ0) is 45.7. The summed E-state index contributed by atoms with van der Waals surface area (Å²) in [6.07, 6.45) is 41.6. The van der Waals surface area contributed by atoms with Gasteiger partial charge in [0, 0.05) is 18.8 Å². The number of quaternary nitrogens is 1. The topological polar surface area (TPSA) is 148 Å².